The van der Waals surface area contributed by atoms with Gasteiger partial charge in [-0.3, -0.25) is 20.4 Å². The molecule has 28 heavy (non-hydrogen) atoms. The van der Waals surface area contributed by atoms with E-state index < -0.39 is 11.8 Å². The SMILES string of the molecule is COc1ccc(C(=O)NNC(=O)c2oc3c(c2C)C2(CCC3)SCCS2)cc1. The number of thioether (sulfide) groups is 2. The number of benzene rings is 1. The van der Waals surface area contributed by atoms with E-state index in [0.29, 0.717) is 11.3 Å². The Bertz CT molecular complexity index is 902. The van der Waals surface area contributed by atoms with Crippen LogP contribution in [0.25, 0.3) is 0 Å². The van der Waals surface area contributed by atoms with Crippen molar-refractivity contribution >= 4 is 35.3 Å². The molecule has 1 spiro atoms. The quantitative estimate of drug-likeness (QED) is 0.741. The number of furan rings is 1. The van der Waals surface area contributed by atoms with Crippen molar-refractivity contribution in [2.24, 2.45) is 0 Å². The van der Waals surface area contributed by atoms with E-state index in [-0.39, 0.29) is 9.84 Å². The van der Waals surface area contributed by atoms with E-state index in [1.54, 1.807) is 31.4 Å². The van der Waals surface area contributed by atoms with Gasteiger partial charge in [0, 0.05) is 34.6 Å². The fourth-order valence-corrected chi connectivity index (χ4v) is 7.36. The monoisotopic (exact) mass is 418 g/mol. The second-order valence-electron chi connectivity index (χ2n) is 6.79. The molecule has 0 radical (unpaired) electrons. The third-order valence-electron chi connectivity index (χ3n) is 5.11. The van der Waals surface area contributed by atoms with Crippen LogP contribution >= 0.6 is 23.5 Å². The number of hydrogen-bond acceptors (Lipinski definition) is 6. The first kappa shape index (κ1) is 19.3. The minimum Gasteiger partial charge on any atom is -0.497 e. The number of hydrazine groups is 1. The first-order valence-electron chi connectivity index (χ1n) is 9.19. The normalized spacial score (nSPS) is 17.2. The van der Waals surface area contributed by atoms with Gasteiger partial charge in [-0.25, -0.2) is 0 Å². The van der Waals surface area contributed by atoms with E-state index in [1.807, 2.05) is 30.4 Å². The van der Waals surface area contributed by atoms with Crippen molar-refractivity contribution in [3.8, 4) is 5.75 Å². The first-order chi connectivity index (χ1) is 13.5. The summed E-state index contributed by atoms with van der Waals surface area (Å²) in [6.07, 6.45) is 3.02. The van der Waals surface area contributed by atoms with Crippen LogP contribution in [0.1, 0.15) is 50.6 Å². The molecule has 1 aliphatic carbocycles. The van der Waals surface area contributed by atoms with Crippen LogP contribution in [0, 0.1) is 6.92 Å². The highest BCUT2D eigenvalue weighted by Gasteiger charge is 2.45. The number of rotatable bonds is 3. The van der Waals surface area contributed by atoms with Crippen molar-refractivity contribution in [3.63, 3.8) is 0 Å². The van der Waals surface area contributed by atoms with E-state index in [9.17, 15) is 9.59 Å². The summed E-state index contributed by atoms with van der Waals surface area (Å²) in [4.78, 5) is 24.9. The number of aryl methyl sites for hydroxylation is 1. The molecular weight excluding hydrogens is 396 g/mol. The Morgan fingerprint density at radius 1 is 1.11 bits per heavy atom. The van der Waals surface area contributed by atoms with Crippen molar-refractivity contribution in [2.45, 2.75) is 30.3 Å². The lowest BCUT2D eigenvalue weighted by atomic mass is 9.94. The molecular formula is C20H22N2O4S2. The Morgan fingerprint density at radius 3 is 2.46 bits per heavy atom. The Kier molecular flexibility index (Phi) is 5.33. The van der Waals surface area contributed by atoms with Gasteiger partial charge in [-0.2, -0.15) is 0 Å². The third kappa shape index (κ3) is 3.39. The lowest BCUT2D eigenvalue weighted by Crippen LogP contribution is -2.41. The zero-order valence-corrected chi connectivity index (χ0v) is 17.4. The van der Waals surface area contributed by atoms with Gasteiger partial charge in [-0.1, -0.05) is 0 Å². The average Bonchev–Trinajstić information content (AvgIpc) is 3.31. The molecule has 2 heterocycles. The van der Waals surface area contributed by atoms with Crippen LogP contribution in [0.2, 0.25) is 0 Å². The summed E-state index contributed by atoms with van der Waals surface area (Å²) in [5, 5.41) is 0. The number of carbonyl (C=O) groups excluding carboxylic acids is 2. The van der Waals surface area contributed by atoms with Gasteiger partial charge in [0.05, 0.1) is 11.2 Å². The second kappa shape index (κ2) is 7.75. The molecule has 4 rings (SSSR count). The molecule has 0 unspecified atom stereocenters. The molecule has 6 nitrogen and oxygen atoms in total. The third-order valence-corrected chi connectivity index (χ3v) is 8.64. The molecule has 1 aromatic heterocycles. The number of hydrogen-bond donors (Lipinski definition) is 2. The Labute approximate surface area is 172 Å². The topological polar surface area (TPSA) is 80.6 Å². The molecule has 2 aromatic rings. The summed E-state index contributed by atoms with van der Waals surface area (Å²) < 4.78 is 11.0. The minimum atomic E-state index is -0.433. The smallest absolute Gasteiger partial charge is 0.305 e. The fraction of sp³-hybridized carbons (Fsp3) is 0.400. The fourth-order valence-electron chi connectivity index (χ4n) is 3.80. The number of methoxy groups -OCH3 is 1. The van der Waals surface area contributed by atoms with Gasteiger partial charge in [0.2, 0.25) is 0 Å². The summed E-state index contributed by atoms with van der Waals surface area (Å²) in [5.41, 5.74) is 7.42. The lowest BCUT2D eigenvalue weighted by Gasteiger charge is -2.31. The number of carbonyl (C=O) groups is 2. The van der Waals surface area contributed by atoms with Crippen molar-refractivity contribution < 1.29 is 18.7 Å². The number of nitrogens with one attached hydrogen (secondary N) is 2. The molecule has 1 aromatic carbocycles. The van der Waals surface area contributed by atoms with Crippen molar-refractivity contribution in [1.82, 2.24) is 10.9 Å². The number of fused-ring (bicyclic) bond motifs is 2. The molecule has 1 fully saturated rings. The van der Waals surface area contributed by atoms with Crippen LogP contribution < -0.4 is 15.6 Å². The van der Waals surface area contributed by atoms with E-state index >= 15 is 0 Å². The predicted molar refractivity (Wildman–Crippen MR) is 111 cm³/mol. The van der Waals surface area contributed by atoms with Gasteiger partial charge in [0.1, 0.15) is 11.5 Å². The highest BCUT2D eigenvalue weighted by molar-refractivity contribution is 8.20. The summed E-state index contributed by atoms with van der Waals surface area (Å²) in [6, 6.07) is 6.65. The maximum absolute atomic E-state index is 12.7. The van der Waals surface area contributed by atoms with E-state index in [1.165, 1.54) is 5.56 Å². The summed E-state index contributed by atoms with van der Waals surface area (Å²) in [5.74, 6) is 3.27. The lowest BCUT2D eigenvalue weighted by molar-refractivity contribution is 0.0829. The van der Waals surface area contributed by atoms with E-state index in [0.717, 1.165) is 42.1 Å². The average molecular weight is 419 g/mol. The van der Waals surface area contributed by atoms with E-state index in [2.05, 4.69) is 10.9 Å². The first-order valence-corrected chi connectivity index (χ1v) is 11.2. The highest BCUT2D eigenvalue weighted by atomic mass is 32.2. The number of ether oxygens (including phenoxy) is 1. The molecule has 1 aliphatic heterocycles. The van der Waals surface area contributed by atoms with Gasteiger partial charge < -0.3 is 9.15 Å². The van der Waals surface area contributed by atoms with Crippen LogP contribution in [0.4, 0.5) is 0 Å². The Morgan fingerprint density at radius 2 is 1.79 bits per heavy atom. The highest BCUT2D eigenvalue weighted by Crippen LogP contribution is 2.59. The Balaban J connectivity index is 1.48. The van der Waals surface area contributed by atoms with Gasteiger partial charge in [0.25, 0.3) is 5.91 Å². The zero-order chi connectivity index (χ0) is 19.7. The van der Waals surface area contributed by atoms with Crippen LogP contribution in [-0.2, 0) is 10.5 Å². The maximum atomic E-state index is 12.7. The summed E-state index contributed by atoms with van der Waals surface area (Å²) in [6.45, 7) is 1.94. The molecule has 2 amide bonds. The van der Waals surface area contributed by atoms with Crippen molar-refractivity contribution in [1.29, 1.82) is 0 Å². The van der Waals surface area contributed by atoms with Gasteiger partial charge in [-0.15, -0.1) is 23.5 Å². The largest absolute Gasteiger partial charge is 0.497 e. The van der Waals surface area contributed by atoms with E-state index in [4.69, 9.17) is 9.15 Å². The standard InChI is InChI=1S/C20H22N2O4S2/c1-12-16-15(4-3-9-20(16)27-10-11-28-20)26-17(12)19(24)22-21-18(23)13-5-7-14(25-2)8-6-13/h5-8H,3-4,9-11H2,1-2H3,(H,21,23)(H,22,24). The molecule has 8 heteroatoms. The molecule has 148 valence electrons. The van der Waals surface area contributed by atoms with Gasteiger partial charge >= 0.3 is 5.91 Å². The second-order valence-corrected chi connectivity index (χ2v) is 9.84. The molecule has 1 saturated heterocycles. The Hall–Kier alpha value is -2.06. The molecule has 2 aliphatic rings. The summed E-state index contributed by atoms with van der Waals surface area (Å²) in [7, 11) is 1.56. The zero-order valence-electron chi connectivity index (χ0n) is 15.8. The maximum Gasteiger partial charge on any atom is 0.305 e. The number of amides is 2. The minimum absolute atomic E-state index is 0.0199. The summed E-state index contributed by atoms with van der Waals surface area (Å²) >= 11 is 3.91. The molecule has 0 saturated carbocycles. The van der Waals surface area contributed by atoms with Gasteiger partial charge in [-0.05, 0) is 44.0 Å². The van der Waals surface area contributed by atoms with Crippen molar-refractivity contribution in [3.05, 3.63) is 52.5 Å². The molecule has 2 N–H and O–H groups in total. The predicted octanol–water partition coefficient (Wildman–Crippen LogP) is 3.64. The van der Waals surface area contributed by atoms with Crippen LogP contribution in [0.5, 0.6) is 5.75 Å². The molecule has 0 atom stereocenters. The van der Waals surface area contributed by atoms with Crippen LogP contribution in [0.3, 0.4) is 0 Å². The van der Waals surface area contributed by atoms with Crippen LogP contribution in [-0.4, -0.2) is 30.4 Å². The van der Waals surface area contributed by atoms with Crippen molar-refractivity contribution in [2.75, 3.05) is 18.6 Å². The molecule has 0 bridgehead atoms. The van der Waals surface area contributed by atoms with Gasteiger partial charge in [0.15, 0.2) is 5.76 Å². The van der Waals surface area contributed by atoms with Crippen LogP contribution in [0.15, 0.2) is 28.7 Å².